The number of amides is 1. The molecule has 0 radical (unpaired) electrons. The molecule has 0 aliphatic carbocycles. The van der Waals surface area contributed by atoms with Gasteiger partial charge < -0.3 is 13.7 Å². The van der Waals surface area contributed by atoms with E-state index in [9.17, 15) is 18.8 Å². The highest BCUT2D eigenvalue weighted by Crippen LogP contribution is 2.15. The fourth-order valence-electron chi connectivity index (χ4n) is 3.86. The van der Waals surface area contributed by atoms with Gasteiger partial charge in [-0.3, -0.25) is 14.0 Å². The van der Waals surface area contributed by atoms with Crippen molar-refractivity contribution >= 4 is 28.6 Å². The number of benzene rings is 1. The van der Waals surface area contributed by atoms with Gasteiger partial charge in [-0.05, 0) is 49.4 Å². The number of nitrogens with zero attached hydrogens (tertiary/aromatic N) is 4. The Bertz CT molecular complexity index is 1750. The molecule has 0 bridgehead atoms. The van der Waals surface area contributed by atoms with Crippen LogP contribution in [0.25, 0.3) is 16.7 Å². The maximum atomic E-state index is 14.4. The van der Waals surface area contributed by atoms with Crippen molar-refractivity contribution in [3.8, 4) is 0 Å². The average molecular weight is 486 g/mol. The van der Waals surface area contributed by atoms with E-state index in [1.54, 1.807) is 43.5 Å². The lowest BCUT2D eigenvalue weighted by atomic mass is 10.2. The van der Waals surface area contributed by atoms with Gasteiger partial charge in [-0.1, -0.05) is 18.2 Å². The number of hydrogen-bond donors (Lipinski definition) is 0. The number of hydrogen-bond acceptors (Lipinski definition) is 6. The molecule has 0 saturated heterocycles. The first-order chi connectivity index (χ1) is 17.5. The molecule has 0 fully saturated rings. The van der Waals surface area contributed by atoms with Gasteiger partial charge in [-0.25, -0.2) is 14.2 Å². The van der Waals surface area contributed by atoms with Gasteiger partial charge in [0.1, 0.15) is 28.4 Å². The standard InChI is InChI=1S/C26H19FN4O5/c1-2-35-26(34)19-14-18-22(28-21-11-5-6-12-30(21)25(18)33)31(15-16-8-7-13-36-16)23(19)29-24(32)17-9-3-4-10-20(17)27/h3-14H,2,15H2,1H3. The van der Waals surface area contributed by atoms with E-state index in [1.807, 2.05) is 0 Å². The van der Waals surface area contributed by atoms with Gasteiger partial charge in [0.15, 0.2) is 5.49 Å². The van der Waals surface area contributed by atoms with Crippen molar-refractivity contribution in [2.45, 2.75) is 13.5 Å². The summed E-state index contributed by atoms with van der Waals surface area (Å²) in [5, 5.41) is 0.102. The molecule has 1 aromatic carbocycles. The van der Waals surface area contributed by atoms with Gasteiger partial charge in [0.2, 0.25) is 0 Å². The van der Waals surface area contributed by atoms with E-state index in [-0.39, 0.29) is 40.8 Å². The zero-order chi connectivity index (χ0) is 25.2. The molecule has 5 rings (SSSR count). The quantitative estimate of drug-likeness (QED) is 0.279. The van der Waals surface area contributed by atoms with E-state index in [1.165, 1.54) is 39.5 Å². The molecule has 1 amide bonds. The largest absolute Gasteiger partial charge is 0.467 e. The van der Waals surface area contributed by atoms with Crippen molar-refractivity contribution in [3.05, 3.63) is 112 Å². The number of pyridine rings is 2. The second-order valence-corrected chi connectivity index (χ2v) is 7.75. The van der Waals surface area contributed by atoms with E-state index >= 15 is 0 Å². The molecule has 9 nitrogen and oxygen atoms in total. The number of carbonyl (C=O) groups excluding carboxylic acids is 2. The lowest BCUT2D eigenvalue weighted by Crippen LogP contribution is -2.33. The molecule has 5 aromatic rings. The van der Waals surface area contributed by atoms with Gasteiger partial charge in [0.25, 0.3) is 11.5 Å². The molecule has 0 aliphatic heterocycles. The lowest BCUT2D eigenvalue weighted by molar-refractivity contribution is 0.0523. The number of halogens is 1. The fraction of sp³-hybridized carbons (Fsp3) is 0.115. The van der Waals surface area contributed by atoms with Crippen molar-refractivity contribution in [2.75, 3.05) is 6.61 Å². The molecule has 0 saturated carbocycles. The summed E-state index contributed by atoms with van der Waals surface area (Å²) in [6.07, 6.45) is 3.03. The van der Waals surface area contributed by atoms with Gasteiger partial charge in [0.05, 0.1) is 30.4 Å². The number of ether oxygens (including phenoxy) is 1. The van der Waals surface area contributed by atoms with Crippen LogP contribution in [0.2, 0.25) is 0 Å². The zero-order valence-corrected chi connectivity index (χ0v) is 19.1. The average Bonchev–Trinajstić information content (AvgIpc) is 3.39. The Morgan fingerprint density at radius 3 is 2.64 bits per heavy atom. The van der Waals surface area contributed by atoms with E-state index in [0.717, 1.165) is 6.07 Å². The van der Waals surface area contributed by atoms with Crippen LogP contribution >= 0.6 is 0 Å². The number of aromatic nitrogens is 3. The van der Waals surface area contributed by atoms with Gasteiger partial charge in [-0.15, -0.1) is 0 Å². The van der Waals surface area contributed by atoms with Crippen LogP contribution in [0, 0.1) is 5.82 Å². The molecular formula is C26H19FN4O5. The zero-order valence-electron chi connectivity index (χ0n) is 19.1. The van der Waals surface area contributed by atoms with Crippen LogP contribution < -0.4 is 11.0 Å². The van der Waals surface area contributed by atoms with E-state index in [0.29, 0.717) is 11.4 Å². The normalized spacial score (nSPS) is 11.8. The smallest absolute Gasteiger partial charge is 0.341 e. The molecule has 0 N–H and O–H groups in total. The van der Waals surface area contributed by atoms with Crippen molar-refractivity contribution in [3.63, 3.8) is 0 Å². The maximum absolute atomic E-state index is 14.4. The molecule has 36 heavy (non-hydrogen) atoms. The fourth-order valence-corrected chi connectivity index (χ4v) is 3.86. The Morgan fingerprint density at radius 2 is 1.89 bits per heavy atom. The molecule has 4 aromatic heterocycles. The van der Waals surface area contributed by atoms with Crippen LogP contribution in [0.1, 0.15) is 33.4 Å². The molecule has 0 atom stereocenters. The minimum atomic E-state index is -0.913. The van der Waals surface area contributed by atoms with Crippen molar-refractivity contribution < 1.29 is 23.1 Å². The van der Waals surface area contributed by atoms with E-state index < -0.39 is 23.3 Å². The second-order valence-electron chi connectivity index (χ2n) is 7.75. The Morgan fingerprint density at radius 1 is 1.08 bits per heavy atom. The number of rotatable bonds is 5. The predicted molar refractivity (Wildman–Crippen MR) is 127 cm³/mol. The third-order valence-electron chi connectivity index (χ3n) is 5.49. The lowest BCUT2D eigenvalue weighted by Gasteiger charge is -2.14. The summed E-state index contributed by atoms with van der Waals surface area (Å²) in [5.41, 5.74) is -0.479. The van der Waals surface area contributed by atoms with Gasteiger partial charge in [0, 0.05) is 6.20 Å². The highest BCUT2D eigenvalue weighted by molar-refractivity contribution is 5.97. The SMILES string of the molecule is CCOC(=O)c1cc2c(=O)n3ccccc3nc2n(Cc2ccco2)c1=NC(=O)c1ccccc1F. The molecule has 4 heterocycles. The van der Waals surface area contributed by atoms with Crippen molar-refractivity contribution in [1.82, 2.24) is 14.0 Å². The summed E-state index contributed by atoms with van der Waals surface area (Å²) in [5.74, 6) is -2.02. The third kappa shape index (κ3) is 4.09. The summed E-state index contributed by atoms with van der Waals surface area (Å²) in [6.45, 7) is 1.65. The molecule has 10 heteroatoms. The summed E-state index contributed by atoms with van der Waals surface area (Å²) in [6, 6.07) is 15.1. The Balaban J connectivity index is 1.91. The Labute approximate surface area is 202 Å². The van der Waals surface area contributed by atoms with E-state index in [2.05, 4.69) is 9.98 Å². The number of carbonyl (C=O) groups is 2. The van der Waals surface area contributed by atoms with Crippen LogP contribution in [0.3, 0.4) is 0 Å². The van der Waals surface area contributed by atoms with Gasteiger partial charge >= 0.3 is 5.97 Å². The number of esters is 1. The van der Waals surface area contributed by atoms with E-state index in [4.69, 9.17) is 9.15 Å². The minimum absolute atomic E-state index is 0.0183. The molecule has 0 unspecified atom stereocenters. The van der Waals surface area contributed by atoms with Gasteiger partial charge in [-0.2, -0.15) is 4.99 Å². The van der Waals surface area contributed by atoms with Crippen LogP contribution in [-0.4, -0.2) is 32.4 Å². The number of furan rings is 1. The summed E-state index contributed by atoms with van der Waals surface area (Å²) in [7, 11) is 0. The molecular weight excluding hydrogens is 467 g/mol. The minimum Gasteiger partial charge on any atom is -0.467 e. The molecule has 0 aliphatic rings. The first-order valence-electron chi connectivity index (χ1n) is 11.1. The van der Waals surface area contributed by atoms with Crippen LogP contribution in [0.4, 0.5) is 4.39 Å². The Hall–Kier alpha value is -4.86. The first kappa shape index (κ1) is 22.9. The number of fused-ring (bicyclic) bond motifs is 2. The van der Waals surface area contributed by atoms with Crippen LogP contribution in [0.15, 0.2) is 87.3 Å². The van der Waals surface area contributed by atoms with Crippen molar-refractivity contribution in [1.29, 1.82) is 0 Å². The van der Waals surface area contributed by atoms with Crippen molar-refractivity contribution in [2.24, 2.45) is 4.99 Å². The summed E-state index contributed by atoms with van der Waals surface area (Å²) >= 11 is 0. The van der Waals surface area contributed by atoms with Crippen LogP contribution in [0.5, 0.6) is 0 Å². The highest BCUT2D eigenvalue weighted by atomic mass is 19.1. The summed E-state index contributed by atoms with van der Waals surface area (Å²) in [4.78, 5) is 48.1. The second kappa shape index (κ2) is 9.41. The topological polar surface area (TPSA) is 108 Å². The molecule has 0 spiro atoms. The van der Waals surface area contributed by atoms with Crippen LogP contribution in [-0.2, 0) is 11.3 Å². The maximum Gasteiger partial charge on any atom is 0.341 e. The summed E-state index contributed by atoms with van der Waals surface area (Å²) < 4.78 is 27.8. The predicted octanol–water partition coefficient (Wildman–Crippen LogP) is 3.35. The third-order valence-corrected chi connectivity index (χ3v) is 5.49. The first-order valence-corrected chi connectivity index (χ1v) is 11.1. The highest BCUT2D eigenvalue weighted by Gasteiger charge is 2.21. The monoisotopic (exact) mass is 486 g/mol. The Kier molecular flexibility index (Phi) is 5.99. The molecule has 180 valence electrons.